The number of rotatable bonds is 7. The summed E-state index contributed by atoms with van der Waals surface area (Å²) in [5, 5.41) is 3.42. The van der Waals surface area contributed by atoms with E-state index in [2.05, 4.69) is 12.2 Å². The number of ether oxygens (including phenoxy) is 1. The molecule has 17 heavy (non-hydrogen) atoms. The quantitative estimate of drug-likeness (QED) is 0.789. The molecule has 1 atom stereocenters. The molecule has 1 aromatic rings. The smallest absolute Gasteiger partial charge is 0.126 e. The Hall–Kier alpha value is -0.930. The summed E-state index contributed by atoms with van der Waals surface area (Å²) in [5.41, 5.74) is 1.77. The largest absolute Gasteiger partial charge is 0.380 e. The second-order valence-corrected chi connectivity index (χ2v) is 4.17. The molecule has 0 radical (unpaired) electrons. The first-order valence-corrected chi connectivity index (χ1v) is 6.26. The highest BCUT2D eigenvalue weighted by atomic mass is 19.1. The van der Waals surface area contributed by atoms with Gasteiger partial charge in [0.25, 0.3) is 0 Å². The van der Waals surface area contributed by atoms with Crippen LogP contribution in [0.5, 0.6) is 0 Å². The Morgan fingerprint density at radius 2 is 2.12 bits per heavy atom. The molecule has 0 aliphatic carbocycles. The van der Waals surface area contributed by atoms with Crippen LogP contribution in [0, 0.1) is 12.7 Å². The molecule has 3 heteroatoms. The van der Waals surface area contributed by atoms with E-state index in [9.17, 15) is 4.39 Å². The first-order valence-electron chi connectivity index (χ1n) is 6.26. The minimum atomic E-state index is -0.153. The third kappa shape index (κ3) is 4.44. The highest BCUT2D eigenvalue weighted by Crippen LogP contribution is 2.17. The van der Waals surface area contributed by atoms with Crippen molar-refractivity contribution < 1.29 is 9.13 Å². The lowest BCUT2D eigenvalue weighted by atomic mass is 10.0. The SMILES string of the molecule is CCCNC(COCC)c1ccc(F)c(C)c1. The maximum atomic E-state index is 13.2. The summed E-state index contributed by atoms with van der Waals surface area (Å²) in [7, 11) is 0. The standard InChI is InChI=1S/C14H22FNO/c1-4-8-16-14(10-17-5-2)12-6-7-13(15)11(3)9-12/h6-7,9,14,16H,4-5,8,10H2,1-3H3. The van der Waals surface area contributed by atoms with Crippen LogP contribution in [-0.4, -0.2) is 19.8 Å². The lowest BCUT2D eigenvalue weighted by molar-refractivity contribution is 0.123. The third-order valence-electron chi connectivity index (χ3n) is 2.71. The van der Waals surface area contributed by atoms with Gasteiger partial charge in [0.2, 0.25) is 0 Å². The predicted octanol–water partition coefficient (Wildman–Crippen LogP) is 3.21. The maximum absolute atomic E-state index is 13.2. The van der Waals surface area contributed by atoms with Gasteiger partial charge < -0.3 is 10.1 Å². The Kier molecular flexibility index (Phi) is 6.16. The molecule has 0 aliphatic rings. The number of nitrogens with one attached hydrogen (secondary N) is 1. The van der Waals surface area contributed by atoms with Crippen LogP contribution in [0.2, 0.25) is 0 Å². The number of halogens is 1. The van der Waals surface area contributed by atoms with Gasteiger partial charge in [-0.25, -0.2) is 4.39 Å². The average molecular weight is 239 g/mol. The number of hydrogen-bond acceptors (Lipinski definition) is 2. The van der Waals surface area contributed by atoms with E-state index < -0.39 is 0 Å². The first kappa shape index (κ1) is 14.1. The van der Waals surface area contributed by atoms with Crippen LogP contribution in [0.1, 0.15) is 37.4 Å². The summed E-state index contributed by atoms with van der Waals surface area (Å²) >= 11 is 0. The van der Waals surface area contributed by atoms with Gasteiger partial charge in [-0.3, -0.25) is 0 Å². The number of hydrogen-bond donors (Lipinski definition) is 1. The fourth-order valence-corrected chi connectivity index (χ4v) is 1.71. The van der Waals surface area contributed by atoms with Crippen LogP contribution >= 0.6 is 0 Å². The fraction of sp³-hybridized carbons (Fsp3) is 0.571. The minimum Gasteiger partial charge on any atom is -0.380 e. The van der Waals surface area contributed by atoms with Crippen LogP contribution in [-0.2, 0) is 4.74 Å². The van der Waals surface area contributed by atoms with Gasteiger partial charge >= 0.3 is 0 Å². The van der Waals surface area contributed by atoms with Crippen LogP contribution in [0.4, 0.5) is 4.39 Å². The van der Waals surface area contributed by atoms with Gasteiger partial charge in [0, 0.05) is 6.61 Å². The molecule has 1 aromatic carbocycles. The molecule has 96 valence electrons. The Labute approximate surface area is 103 Å². The summed E-state index contributed by atoms with van der Waals surface area (Å²) in [6.45, 7) is 8.16. The summed E-state index contributed by atoms with van der Waals surface area (Å²) in [6, 6.07) is 5.39. The molecule has 1 N–H and O–H groups in total. The number of aryl methyl sites for hydroxylation is 1. The Bertz CT molecular complexity index is 333. The van der Waals surface area contributed by atoms with Crippen molar-refractivity contribution >= 4 is 0 Å². The van der Waals surface area contributed by atoms with E-state index in [1.165, 1.54) is 6.07 Å². The molecule has 0 spiro atoms. The zero-order chi connectivity index (χ0) is 12.7. The maximum Gasteiger partial charge on any atom is 0.126 e. The molecule has 0 heterocycles. The van der Waals surface area contributed by atoms with E-state index in [1.54, 1.807) is 6.92 Å². The van der Waals surface area contributed by atoms with E-state index in [0.29, 0.717) is 18.8 Å². The van der Waals surface area contributed by atoms with Crippen molar-refractivity contribution in [3.63, 3.8) is 0 Å². The summed E-state index contributed by atoms with van der Waals surface area (Å²) < 4.78 is 18.7. The van der Waals surface area contributed by atoms with Gasteiger partial charge in [0.05, 0.1) is 12.6 Å². The molecule has 0 bridgehead atoms. The van der Waals surface area contributed by atoms with Gasteiger partial charge in [0.15, 0.2) is 0 Å². The van der Waals surface area contributed by atoms with Crippen molar-refractivity contribution in [1.29, 1.82) is 0 Å². The van der Waals surface area contributed by atoms with E-state index in [0.717, 1.165) is 18.5 Å². The Balaban J connectivity index is 2.75. The molecular weight excluding hydrogens is 217 g/mol. The van der Waals surface area contributed by atoms with E-state index >= 15 is 0 Å². The van der Waals surface area contributed by atoms with Crippen molar-refractivity contribution in [1.82, 2.24) is 5.32 Å². The number of benzene rings is 1. The van der Waals surface area contributed by atoms with Crippen LogP contribution in [0.15, 0.2) is 18.2 Å². The zero-order valence-corrected chi connectivity index (χ0v) is 10.9. The Morgan fingerprint density at radius 1 is 1.35 bits per heavy atom. The zero-order valence-electron chi connectivity index (χ0n) is 10.9. The molecule has 0 aromatic heterocycles. The van der Waals surface area contributed by atoms with Crippen molar-refractivity contribution in [2.75, 3.05) is 19.8 Å². The molecule has 0 fully saturated rings. The molecule has 0 saturated heterocycles. The second-order valence-electron chi connectivity index (χ2n) is 4.17. The fourth-order valence-electron chi connectivity index (χ4n) is 1.71. The lowest BCUT2D eigenvalue weighted by Crippen LogP contribution is -2.26. The third-order valence-corrected chi connectivity index (χ3v) is 2.71. The van der Waals surface area contributed by atoms with E-state index in [-0.39, 0.29) is 11.9 Å². The summed E-state index contributed by atoms with van der Waals surface area (Å²) in [4.78, 5) is 0. The summed E-state index contributed by atoms with van der Waals surface area (Å²) in [5.74, 6) is -0.153. The average Bonchev–Trinajstić information content (AvgIpc) is 2.33. The van der Waals surface area contributed by atoms with Crippen molar-refractivity contribution in [3.8, 4) is 0 Å². The highest BCUT2D eigenvalue weighted by Gasteiger charge is 2.11. The van der Waals surface area contributed by atoms with E-state index in [1.807, 2.05) is 19.1 Å². The first-order chi connectivity index (χ1) is 8.19. The van der Waals surface area contributed by atoms with E-state index in [4.69, 9.17) is 4.74 Å². The van der Waals surface area contributed by atoms with Crippen LogP contribution < -0.4 is 5.32 Å². The van der Waals surface area contributed by atoms with Gasteiger partial charge in [-0.05, 0) is 44.0 Å². The minimum absolute atomic E-state index is 0.147. The monoisotopic (exact) mass is 239 g/mol. The molecule has 1 rings (SSSR count). The molecule has 0 amide bonds. The highest BCUT2D eigenvalue weighted by molar-refractivity contribution is 5.26. The van der Waals surface area contributed by atoms with Gasteiger partial charge in [-0.1, -0.05) is 19.1 Å². The van der Waals surface area contributed by atoms with Gasteiger partial charge in [0.1, 0.15) is 5.82 Å². The van der Waals surface area contributed by atoms with Crippen molar-refractivity contribution in [2.45, 2.75) is 33.2 Å². The van der Waals surface area contributed by atoms with Crippen LogP contribution in [0.25, 0.3) is 0 Å². The Morgan fingerprint density at radius 3 is 2.71 bits per heavy atom. The summed E-state index contributed by atoms with van der Waals surface area (Å²) in [6.07, 6.45) is 1.07. The van der Waals surface area contributed by atoms with Gasteiger partial charge in [-0.15, -0.1) is 0 Å². The van der Waals surface area contributed by atoms with Crippen LogP contribution in [0.3, 0.4) is 0 Å². The van der Waals surface area contributed by atoms with Gasteiger partial charge in [-0.2, -0.15) is 0 Å². The second kappa shape index (κ2) is 7.41. The lowest BCUT2D eigenvalue weighted by Gasteiger charge is -2.19. The molecule has 0 aliphatic heterocycles. The molecule has 1 unspecified atom stereocenters. The molecular formula is C14H22FNO. The normalized spacial score (nSPS) is 12.7. The topological polar surface area (TPSA) is 21.3 Å². The van der Waals surface area contributed by atoms with Crippen molar-refractivity contribution in [2.24, 2.45) is 0 Å². The predicted molar refractivity (Wildman–Crippen MR) is 68.7 cm³/mol. The molecule has 0 saturated carbocycles. The molecule has 2 nitrogen and oxygen atoms in total. The van der Waals surface area contributed by atoms with Crippen molar-refractivity contribution in [3.05, 3.63) is 35.1 Å².